The third-order valence-corrected chi connectivity index (χ3v) is 5.20. The summed E-state index contributed by atoms with van der Waals surface area (Å²) < 4.78 is 18.3. The first-order valence-electron chi connectivity index (χ1n) is 9.66. The van der Waals surface area contributed by atoms with E-state index in [9.17, 15) is 9.18 Å². The van der Waals surface area contributed by atoms with Gasteiger partial charge in [-0.15, -0.1) is 0 Å². The summed E-state index contributed by atoms with van der Waals surface area (Å²) in [5, 5.41) is 3.50. The van der Waals surface area contributed by atoms with Gasteiger partial charge < -0.3 is 10.1 Å². The molecular formula is C20H28FN3O2. The number of hydrogen-bond acceptors (Lipinski definition) is 5. The fraction of sp³-hybridized carbons (Fsp3) is 0.600. The summed E-state index contributed by atoms with van der Waals surface area (Å²) in [4.78, 5) is 18.3. The van der Waals surface area contributed by atoms with Gasteiger partial charge in [0.1, 0.15) is 5.82 Å². The topological polar surface area (TPSA) is 54.5 Å². The van der Waals surface area contributed by atoms with Crippen LogP contribution in [0.2, 0.25) is 0 Å². The fourth-order valence-electron chi connectivity index (χ4n) is 3.92. The van der Waals surface area contributed by atoms with E-state index in [-0.39, 0.29) is 6.61 Å². The van der Waals surface area contributed by atoms with Gasteiger partial charge in [-0.25, -0.2) is 9.78 Å². The lowest BCUT2D eigenvalue weighted by atomic mass is 10.0. The summed E-state index contributed by atoms with van der Waals surface area (Å²) in [6, 6.07) is 4.74. The van der Waals surface area contributed by atoms with Crippen LogP contribution in [0.1, 0.15) is 51.0 Å². The molecule has 2 aliphatic rings. The fourth-order valence-corrected chi connectivity index (χ4v) is 3.92. The number of nitrogens with one attached hydrogen (secondary N) is 1. The standard InChI is InChI=1S/C20H28FN3O2/c1-2-26-20(25)18(21)12-15-9-10-19(22-13-15)23-16-6-5-11-24(14-16)17-7-3-4-8-17/h9-10,12-13,16-17H,2-8,11,14H2,1H3,(H,22,23)/b18-12-/t16-/m1/s1. The van der Waals surface area contributed by atoms with Gasteiger partial charge in [-0.05, 0) is 62.9 Å². The zero-order valence-corrected chi connectivity index (χ0v) is 15.4. The molecule has 3 rings (SSSR count). The molecule has 0 radical (unpaired) electrons. The summed E-state index contributed by atoms with van der Waals surface area (Å²) >= 11 is 0. The van der Waals surface area contributed by atoms with Crippen molar-refractivity contribution in [1.82, 2.24) is 9.88 Å². The predicted molar refractivity (Wildman–Crippen MR) is 100 cm³/mol. The number of aromatic nitrogens is 1. The SMILES string of the molecule is CCOC(=O)/C(F)=C/c1ccc(N[C@@H]2CCCN(C3CCCC3)C2)nc1. The van der Waals surface area contributed by atoms with Crippen molar-refractivity contribution >= 4 is 17.9 Å². The molecule has 1 atom stereocenters. The second-order valence-corrected chi connectivity index (χ2v) is 7.11. The van der Waals surface area contributed by atoms with E-state index in [0.717, 1.165) is 30.9 Å². The Morgan fingerprint density at radius 3 is 2.85 bits per heavy atom. The van der Waals surface area contributed by atoms with Crippen LogP contribution in [0.15, 0.2) is 24.2 Å². The van der Waals surface area contributed by atoms with Gasteiger partial charge in [-0.3, -0.25) is 4.90 Å². The minimum Gasteiger partial charge on any atom is -0.461 e. The van der Waals surface area contributed by atoms with Crippen molar-refractivity contribution in [3.63, 3.8) is 0 Å². The molecule has 1 aliphatic heterocycles. The first-order valence-corrected chi connectivity index (χ1v) is 9.66. The lowest BCUT2D eigenvalue weighted by molar-refractivity contribution is -0.140. The Balaban J connectivity index is 1.55. The van der Waals surface area contributed by atoms with Gasteiger partial charge in [0.2, 0.25) is 5.83 Å². The Bertz CT molecular complexity index is 626. The third kappa shape index (κ3) is 5.04. The van der Waals surface area contributed by atoms with Gasteiger partial charge in [0.25, 0.3) is 0 Å². The molecular weight excluding hydrogens is 333 g/mol. The van der Waals surface area contributed by atoms with Crippen molar-refractivity contribution in [2.75, 3.05) is 25.0 Å². The quantitative estimate of drug-likeness (QED) is 0.617. The summed E-state index contributed by atoms with van der Waals surface area (Å²) in [7, 11) is 0. The Labute approximate surface area is 154 Å². The lowest BCUT2D eigenvalue weighted by Crippen LogP contribution is -2.46. The van der Waals surface area contributed by atoms with Gasteiger partial charge in [-0.1, -0.05) is 12.8 Å². The van der Waals surface area contributed by atoms with Crippen LogP contribution < -0.4 is 5.32 Å². The highest BCUT2D eigenvalue weighted by Gasteiger charge is 2.27. The van der Waals surface area contributed by atoms with Crippen LogP contribution in [-0.2, 0) is 9.53 Å². The Morgan fingerprint density at radius 2 is 2.15 bits per heavy atom. The largest absolute Gasteiger partial charge is 0.461 e. The first-order chi connectivity index (χ1) is 12.7. The van der Waals surface area contributed by atoms with Crippen molar-refractivity contribution in [1.29, 1.82) is 0 Å². The van der Waals surface area contributed by atoms with Crippen LogP contribution in [-0.4, -0.2) is 47.6 Å². The monoisotopic (exact) mass is 361 g/mol. The number of nitrogens with zero attached hydrogens (tertiary/aromatic N) is 2. The maximum absolute atomic E-state index is 13.7. The zero-order chi connectivity index (χ0) is 18.4. The van der Waals surface area contributed by atoms with Gasteiger partial charge in [0.05, 0.1) is 6.61 Å². The average molecular weight is 361 g/mol. The zero-order valence-electron chi connectivity index (χ0n) is 15.4. The number of carbonyl (C=O) groups is 1. The highest BCUT2D eigenvalue weighted by molar-refractivity contribution is 5.91. The van der Waals surface area contributed by atoms with Crippen LogP contribution >= 0.6 is 0 Å². The molecule has 1 aromatic rings. The maximum atomic E-state index is 13.7. The highest BCUT2D eigenvalue weighted by Crippen LogP contribution is 2.27. The molecule has 1 aliphatic carbocycles. The number of carbonyl (C=O) groups excluding carboxylic acids is 1. The molecule has 0 bridgehead atoms. The smallest absolute Gasteiger partial charge is 0.367 e. The second-order valence-electron chi connectivity index (χ2n) is 7.11. The molecule has 2 heterocycles. The van der Waals surface area contributed by atoms with E-state index in [4.69, 9.17) is 0 Å². The minimum atomic E-state index is -0.941. The molecule has 0 amide bonds. The molecule has 6 heteroatoms. The number of esters is 1. The number of pyridine rings is 1. The van der Waals surface area contributed by atoms with Gasteiger partial charge in [0.15, 0.2) is 0 Å². The highest BCUT2D eigenvalue weighted by atomic mass is 19.1. The maximum Gasteiger partial charge on any atom is 0.367 e. The predicted octanol–water partition coefficient (Wildman–Crippen LogP) is 3.77. The van der Waals surface area contributed by atoms with E-state index in [0.29, 0.717) is 11.6 Å². The number of halogens is 1. The van der Waals surface area contributed by atoms with Crippen LogP contribution in [0.25, 0.3) is 6.08 Å². The summed E-state index contributed by atoms with van der Waals surface area (Å²) in [5.41, 5.74) is 0.539. The third-order valence-electron chi connectivity index (χ3n) is 5.20. The molecule has 0 spiro atoms. The number of likely N-dealkylation sites (tertiary alicyclic amines) is 1. The summed E-state index contributed by atoms with van der Waals surface area (Å²) in [6.07, 6.45) is 10.5. The van der Waals surface area contributed by atoms with Crippen molar-refractivity contribution < 1.29 is 13.9 Å². The molecule has 0 unspecified atom stereocenters. The van der Waals surface area contributed by atoms with Gasteiger partial charge >= 0.3 is 5.97 Å². The summed E-state index contributed by atoms with van der Waals surface area (Å²) in [6.45, 7) is 4.06. The van der Waals surface area contributed by atoms with Crippen molar-refractivity contribution in [3.8, 4) is 0 Å². The number of ether oxygens (including phenoxy) is 1. The normalized spacial score (nSPS) is 22.4. The van der Waals surface area contributed by atoms with E-state index in [1.54, 1.807) is 19.2 Å². The van der Waals surface area contributed by atoms with Crippen molar-refractivity contribution in [2.45, 2.75) is 57.5 Å². The Morgan fingerprint density at radius 1 is 1.35 bits per heavy atom. The second kappa shape index (κ2) is 9.12. The molecule has 1 saturated heterocycles. The molecule has 5 nitrogen and oxygen atoms in total. The van der Waals surface area contributed by atoms with Crippen molar-refractivity contribution in [2.24, 2.45) is 0 Å². The average Bonchev–Trinajstić information content (AvgIpc) is 3.18. The number of rotatable bonds is 6. The molecule has 142 valence electrons. The molecule has 0 aromatic carbocycles. The molecule has 26 heavy (non-hydrogen) atoms. The molecule has 2 fully saturated rings. The number of piperidine rings is 1. The first kappa shape index (κ1) is 18.8. The lowest BCUT2D eigenvalue weighted by Gasteiger charge is -2.37. The van der Waals surface area contributed by atoms with Gasteiger partial charge in [0, 0.05) is 24.8 Å². The van der Waals surface area contributed by atoms with E-state index in [1.807, 2.05) is 6.07 Å². The molecule has 1 saturated carbocycles. The molecule has 1 aromatic heterocycles. The van der Waals surface area contributed by atoms with E-state index >= 15 is 0 Å². The van der Waals surface area contributed by atoms with E-state index in [2.05, 4.69) is 19.9 Å². The van der Waals surface area contributed by atoms with Crippen LogP contribution in [0, 0.1) is 0 Å². The van der Waals surface area contributed by atoms with Crippen molar-refractivity contribution in [3.05, 3.63) is 29.7 Å². The van der Waals surface area contributed by atoms with Crippen LogP contribution in [0.3, 0.4) is 0 Å². The minimum absolute atomic E-state index is 0.153. The number of anilines is 1. The van der Waals surface area contributed by atoms with Crippen LogP contribution in [0.5, 0.6) is 0 Å². The van der Waals surface area contributed by atoms with Crippen LogP contribution in [0.4, 0.5) is 10.2 Å². The summed E-state index contributed by atoms with van der Waals surface area (Å²) in [5.74, 6) is -1.06. The number of hydrogen-bond donors (Lipinski definition) is 1. The van der Waals surface area contributed by atoms with Gasteiger partial charge in [-0.2, -0.15) is 4.39 Å². The Kier molecular flexibility index (Phi) is 6.61. The molecule has 1 N–H and O–H groups in total. The Hall–Kier alpha value is -1.95. The van der Waals surface area contributed by atoms with E-state index < -0.39 is 11.8 Å². The van der Waals surface area contributed by atoms with E-state index in [1.165, 1.54) is 38.6 Å².